The summed E-state index contributed by atoms with van der Waals surface area (Å²) in [6.07, 6.45) is -5.76. The molecule has 0 fully saturated rings. The molecule has 0 aromatic heterocycles. The Morgan fingerprint density at radius 1 is 1.47 bits per heavy atom. The van der Waals surface area contributed by atoms with Crippen LogP contribution in [-0.4, -0.2) is 24.8 Å². The second-order valence-electron chi connectivity index (χ2n) is 3.72. The van der Waals surface area contributed by atoms with Crippen molar-refractivity contribution in [1.82, 2.24) is 0 Å². The molecule has 0 spiro atoms. The van der Waals surface area contributed by atoms with Crippen molar-refractivity contribution in [1.29, 1.82) is 5.26 Å². The molecule has 1 unspecified atom stereocenters. The van der Waals surface area contributed by atoms with Gasteiger partial charge in [0.2, 0.25) is 0 Å². The molecule has 1 atom stereocenters. The molecule has 1 rings (SSSR count). The van der Waals surface area contributed by atoms with Crippen molar-refractivity contribution in [2.24, 2.45) is 0 Å². The van der Waals surface area contributed by atoms with E-state index >= 15 is 0 Å². The predicted molar refractivity (Wildman–Crippen MR) is 61.3 cm³/mol. The normalized spacial score (nSPS) is 12.6. The van der Waals surface area contributed by atoms with E-state index in [2.05, 4.69) is 10.1 Å². The number of halogens is 3. The summed E-state index contributed by atoms with van der Waals surface area (Å²) in [5.74, 6) is -0.744. The van der Waals surface area contributed by atoms with Crippen molar-refractivity contribution in [2.75, 3.05) is 11.9 Å². The molecular formula is C12H11F3N2O2. The number of alkyl halides is 3. The Kier molecular flexibility index (Phi) is 4.89. The summed E-state index contributed by atoms with van der Waals surface area (Å²) in [6.45, 7) is -0.294. The quantitative estimate of drug-likeness (QED) is 0.915. The van der Waals surface area contributed by atoms with E-state index in [-0.39, 0.29) is 11.3 Å². The van der Waals surface area contributed by atoms with Crippen molar-refractivity contribution in [3.63, 3.8) is 0 Å². The number of carbonyl (C=O) groups excluding carboxylic acids is 1. The van der Waals surface area contributed by atoms with E-state index in [1.54, 1.807) is 12.1 Å². The molecule has 1 aromatic rings. The lowest BCUT2D eigenvalue weighted by atomic mass is 10.2. The van der Waals surface area contributed by atoms with Crippen LogP contribution in [0.15, 0.2) is 24.3 Å². The molecule has 0 bridgehead atoms. The molecule has 0 radical (unpaired) electrons. The van der Waals surface area contributed by atoms with Crippen molar-refractivity contribution in [3.8, 4) is 6.07 Å². The zero-order valence-corrected chi connectivity index (χ0v) is 9.99. The van der Waals surface area contributed by atoms with Gasteiger partial charge in [-0.05, 0) is 19.1 Å². The average Bonchev–Trinajstić information content (AvgIpc) is 2.35. The third-order valence-corrected chi connectivity index (χ3v) is 2.17. The lowest BCUT2D eigenvalue weighted by molar-refractivity contribution is -0.184. The van der Waals surface area contributed by atoms with E-state index in [0.717, 1.165) is 0 Å². The Bertz CT molecular complexity index is 494. The van der Waals surface area contributed by atoms with Crippen LogP contribution in [0.25, 0.3) is 0 Å². The molecule has 0 aliphatic heterocycles. The molecule has 1 amide bonds. The van der Waals surface area contributed by atoms with Gasteiger partial charge < -0.3 is 10.1 Å². The van der Waals surface area contributed by atoms with E-state index in [4.69, 9.17) is 5.26 Å². The molecule has 0 heterocycles. The first kappa shape index (κ1) is 15.0. The Morgan fingerprint density at radius 2 is 2.11 bits per heavy atom. The molecular weight excluding hydrogens is 261 g/mol. The summed E-state index contributed by atoms with van der Waals surface area (Å²) in [4.78, 5) is 11.6. The number of anilines is 1. The maximum Gasteiger partial charge on any atom is 0.411 e. The zero-order chi connectivity index (χ0) is 14.5. The fraction of sp³-hybridized carbons (Fsp3) is 0.333. The van der Waals surface area contributed by atoms with Crippen molar-refractivity contribution >= 4 is 11.6 Å². The van der Waals surface area contributed by atoms with Gasteiger partial charge in [-0.3, -0.25) is 4.79 Å². The van der Waals surface area contributed by atoms with Crippen LogP contribution in [0.3, 0.4) is 0 Å². The standard InChI is InChI=1S/C12H11F3N2O2/c1-8(19-7-12(13,14)15)11(18)17-10-5-3-2-4-9(10)6-16/h2-5,8H,7H2,1H3,(H,17,18). The molecule has 0 saturated carbocycles. The highest BCUT2D eigenvalue weighted by atomic mass is 19.4. The highest BCUT2D eigenvalue weighted by Gasteiger charge is 2.30. The highest BCUT2D eigenvalue weighted by molar-refractivity contribution is 5.95. The number of para-hydroxylation sites is 1. The number of rotatable bonds is 4. The minimum absolute atomic E-state index is 0.221. The van der Waals surface area contributed by atoms with Crippen molar-refractivity contribution in [2.45, 2.75) is 19.2 Å². The van der Waals surface area contributed by atoms with Crippen LogP contribution in [-0.2, 0) is 9.53 Å². The minimum Gasteiger partial charge on any atom is -0.359 e. The van der Waals surface area contributed by atoms with E-state index < -0.39 is 24.8 Å². The maximum absolute atomic E-state index is 11.9. The summed E-state index contributed by atoms with van der Waals surface area (Å²) in [5.41, 5.74) is 0.455. The number of ether oxygens (including phenoxy) is 1. The van der Waals surface area contributed by atoms with Gasteiger partial charge in [-0.2, -0.15) is 18.4 Å². The molecule has 19 heavy (non-hydrogen) atoms. The Morgan fingerprint density at radius 3 is 2.68 bits per heavy atom. The zero-order valence-electron chi connectivity index (χ0n) is 9.99. The Labute approximate surface area is 107 Å². The smallest absolute Gasteiger partial charge is 0.359 e. The predicted octanol–water partition coefficient (Wildman–Crippen LogP) is 2.46. The number of hydrogen-bond donors (Lipinski definition) is 1. The molecule has 7 heteroatoms. The highest BCUT2D eigenvalue weighted by Crippen LogP contribution is 2.17. The number of carbonyl (C=O) groups is 1. The number of amides is 1. The van der Waals surface area contributed by atoms with Gasteiger partial charge in [0, 0.05) is 0 Å². The van der Waals surface area contributed by atoms with Gasteiger partial charge >= 0.3 is 6.18 Å². The first-order chi connectivity index (χ1) is 8.83. The van der Waals surface area contributed by atoms with Gasteiger partial charge in [0.1, 0.15) is 18.8 Å². The number of nitrogens with one attached hydrogen (secondary N) is 1. The molecule has 0 aliphatic rings. The molecule has 0 saturated heterocycles. The van der Waals surface area contributed by atoms with Gasteiger partial charge in [0.25, 0.3) is 5.91 Å². The second-order valence-corrected chi connectivity index (χ2v) is 3.72. The van der Waals surface area contributed by atoms with Crippen molar-refractivity contribution in [3.05, 3.63) is 29.8 Å². The van der Waals surface area contributed by atoms with E-state index in [0.29, 0.717) is 0 Å². The van der Waals surface area contributed by atoms with Gasteiger partial charge in [0.15, 0.2) is 0 Å². The fourth-order valence-electron chi connectivity index (χ4n) is 1.22. The number of nitrogens with zero attached hydrogens (tertiary/aromatic N) is 1. The van der Waals surface area contributed by atoms with Gasteiger partial charge in [-0.15, -0.1) is 0 Å². The molecule has 4 nitrogen and oxygen atoms in total. The Hall–Kier alpha value is -2.07. The van der Waals surface area contributed by atoms with Crippen LogP contribution in [0.2, 0.25) is 0 Å². The number of benzene rings is 1. The van der Waals surface area contributed by atoms with Crippen LogP contribution < -0.4 is 5.32 Å². The summed E-state index contributed by atoms with van der Waals surface area (Å²) in [6, 6.07) is 8.03. The number of nitriles is 1. The van der Waals surface area contributed by atoms with Crippen LogP contribution in [0.5, 0.6) is 0 Å². The van der Waals surface area contributed by atoms with Gasteiger partial charge in [-0.1, -0.05) is 12.1 Å². The molecule has 102 valence electrons. The largest absolute Gasteiger partial charge is 0.411 e. The SMILES string of the molecule is CC(OCC(F)(F)F)C(=O)Nc1ccccc1C#N. The first-order valence-electron chi connectivity index (χ1n) is 5.32. The van der Waals surface area contributed by atoms with Crippen LogP contribution >= 0.6 is 0 Å². The third-order valence-electron chi connectivity index (χ3n) is 2.17. The summed E-state index contributed by atoms with van der Waals surface area (Å²) in [5, 5.41) is 11.1. The van der Waals surface area contributed by atoms with Crippen molar-refractivity contribution < 1.29 is 22.7 Å². The average molecular weight is 272 g/mol. The molecule has 0 aliphatic carbocycles. The maximum atomic E-state index is 11.9. The monoisotopic (exact) mass is 272 g/mol. The topological polar surface area (TPSA) is 62.1 Å². The van der Waals surface area contributed by atoms with Crippen LogP contribution in [0, 0.1) is 11.3 Å². The third kappa shape index (κ3) is 4.97. The minimum atomic E-state index is -4.49. The fourth-order valence-corrected chi connectivity index (χ4v) is 1.22. The summed E-state index contributed by atoms with van der Waals surface area (Å²) in [7, 11) is 0. The number of hydrogen-bond acceptors (Lipinski definition) is 3. The van der Waals surface area contributed by atoms with Gasteiger partial charge in [0.05, 0.1) is 11.3 Å². The summed E-state index contributed by atoms with van der Waals surface area (Å²) >= 11 is 0. The molecule has 1 aromatic carbocycles. The van der Waals surface area contributed by atoms with Gasteiger partial charge in [-0.25, -0.2) is 0 Å². The van der Waals surface area contributed by atoms with E-state index in [1.165, 1.54) is 19.1 Å². The first-order valence-corrected chi connectivity index (χ1v) is 5.32. The van der Waals surface area contributed by atoms with E-state index in [1.807, 2.05) is 6.07 Å². The summed E-state index contributed by atoms with van der Waals surface area (Å²) < 4.78 is 40.2. The molecule has 1 N–H and O–H groups in total. The van der Waals surface area contributed by atoms with Crippen LogP contribution in [0.4, 0.5) is 18.9 Å². The lowest BCUT2D eigenvalue weighted by Crippen LogP contribution is -2.31. The lowest BCUT2D eigenvalue weighted by Gasteiger charge is -2.15. The van der Waals surface area contributed by atoms with E-state index in [9.17, 15) is 18.0 Å². The van der Waals surface area contributed by atoms with Crippen LogP contribution in [0.1, 0.15) is 12.5 Å². The Balaban J connectivity index is 2.62. The second kappa shape index (κ2) is 6.20.